The molecule has 2 aliphatic rings. The SMILES string of the molecule is CCCC/C=C/CC/C=C/CC/C=C/C(O)C(COC1OC(CO)C(OC2OC(CO)C(O)C(O)C2O)C(O)C1O)NC(=O)CCCCCCCCCCCCCCCCC/C=C\C/C=C\CCCCCCC. The lowest BCUT2D eigenvalue weighted by molar-refractivity contribution is -0.359. The summed E-state index contributed by atoms with van der Waals surface area (Å²) in [5, 5.41) is 86.8. The Morgan fingerprint density at radius 1 is 0.493 bits per heavy atom. The fraction of sp³-hybridized carbons (Fsp3) is 0.814. The van der Waals surface area contributed by atoms with E-state index < -0.39 is 86.8 Å². The van der Waals surface area contributed by atoms with Gasteiger partial charge in [-0.05, 0) is 70.6 Å². The molecule has 0 aromatic carbocycles. The molecule has 73 heavy (non-hydrogen) atoms. The summed E-state index contributed by atoms with van der Waals surface area (Å²) in [5.41, 5.74) is 0. The van der Waals surface area contributed by atoms with Crippen LogP contribution in [0.5, 0.6) is 0 Å². The van der Waals surface area contributed by atoms with Gasteiger partial charge in [0.25, 0.3) is 0 Å². The summed E-state index contributed by atoms with van der Waals surface area (Å²) in [6.45, 7) is 2.70. The van der Waals surface area contributed by atoms with E-state index in [0.717, 1.165) is 51.4 Å². The van der Waals surface area contributed by atoms with Crippen molar-refractivity contribution in [3.63, 3.8) is 0 Å². The molecule has 2 rings (SSSR count). The normalized spacial score (nSPS) is 25.8. The van der Waals surface area contributed by atoms with Crippen molar-refractivity contribution < 1.29 is 64.6 Å². The van der Waals surface area contributed by atoms with E-state index in [9.17, 15) is 45.6 Å². The molecule has 0 radical (unpaired) electrons. The molecule has 12 unspecified atom stereocenters. The van der Waals surface area contributed by atoms with Crippen molar-refractivity contribution in [3.8, 4) is 0 Å². The van der Waals surface area contributed by atoms with E-state index in [1.807, 2.05) is 6.08 Å². The molecule has 0 spiro atoms. The molecule has 14 heteroatoms. The standard InChI is InChI=1S/C59H105NO13/c1-3-5-7-9-11-13-15-17-18-19-20-21-22-23-24-25-26-27-28-29-30-31-33-35-37-39-41-43-51(64)60-47(48(63)42-40-38-36-34-32-16-14-12-10-8-6-4-2)46-70-58-56(69)54(67)57(50(45-62)72-58)73-59-55(68)53(66)52(65)49(44-61)71-59/h10,12,15,17,19-20,32,34,40,42,47-50,52-59,61-63,65-69H,3-9,11,13-14,16,18,21-31,33,35-39,41,43-46H2,1-2H3,(H,60,64)/b12-10+,17-15-,20-19-,34-32+,42-40+. The van der Waals surface area contributed by atoms with E-state index in [0.29, 0.717) is 12.8 Å². The van der Waals surface area contributed by atoms with Crippen LogP contribution in [-0.4, -0.2) is 140 Å². The molecule has 2 fully saturated rings. The molecule has 0 saturated carbocycles. The molecule has 0 aromatic rings. The third-order valence-electron chi connectivity index (χ3n) is 13.9. The van der Waals surface area contributed by atoms with Gasteiger partial charge < -0.3 is 65.1 Å². The molecule has 0 bridgehead atoms. The number of aliphatic hydroxyl groups is 8. The summed E-state index contributed by atoms with van der Waals surface area (Å²) in [4.78, 5) is 13.2. The molecule has 2 saturated heterocycles. The molecule has 0 aromatic heterocycles. The second kappa shape index (κ2) is 44.8. The van der Waals surface area contributed by atoms with E-state index in [4.69, 9.17) is 18.9 Å². The molecular formula is C59H105NO13. The summed E-state index contributed by atoms with van der Waals surface area (Å²) < 4.78 is 22.7. The Labute approximate surface area is 441 Å². The highest BCUT2D eigenvalue weighted by molar-refractivity contribution is 5.76. The largest absolute Gasteiger partial charge is 0.394 e. The highest BCUT2D eigenvalue weighted by atomic mass is 16.7. The van der Waals surface area contributed by atoms with Gasteiger partial charge in [-0.3, -0.25) is 4.79 Å². The number of allylic oxidation sites excluding steroid dienone is 9. The third kappa shape index (κ3) is 30.9. The number of amides is 1. The van der Waals surface area contributed by atoms with E-state index in [1.165, 1.54) is 128 Å². The van der Waals surface area contributed by atoms with Gasteiger partial charge in [0.15, 0.2) is 12.6 Å². The van der Waals surface area contributed by atoms with Gasteiger partial charge in [0.1, 0.15) is 48.8 Å². The fourth-order valence-corrected chi connectivity index (χ4v) is 9.16. The maximum atomic E-state index is 13.2. The topological polar surface area (TPSA) is 228 Å². The quantitative estimate of drug-likeness (QED) is 0.0205. The number of ether oxygens (including phenoxy) is 4. The minimum atomic E-state index is -1.79. The highest BCUT2D eigenvalue weighted by Gasteiger charge is 2.51. The first kappa shape index (κ1) is 66.8. The van der Waals surface area contributed by atoms with Crippen molar-refractivity contribution in [2.75, 3.05) is 19.8 Å². The van der Waals surface area contributed by atoms with Gasteiger partial charge >= 0.3 is 0 Å². The van der Waals surface area contributed by atoms with Gasteiger partial charge in [-0.15, -0.1) is 0 Å². The Kier molecular flexibility index (Phi) is 41.0. The van der Waals surface area contributed by atoms with E-state index in [-0.39, 0.29) is 18.9 Å². The first-order valence-electron chi connectivity index (χ1n) is 29.0. The Bertz CT molecular complexity index is 1450. The maximum Gasteiger partial charge on any atom is 0.220 e. The Hall–Kier alpha value is -2.31. The Balaban J connectivity index is 1.71. The van der Waals surface area contributed by atoms with Crippen molar-refractivity contribution in [2.45, 2.75) is 286 Å². The first-order valence-corrected chi connectivity index (χ1v) is 29.0. The van der Waals surface area contributed by atoms with Crippen molar-refractivity contribution in [1.82, 2.24) is 5.32 Å². The van der Waals surface area contributed by atoms with Crippen LogP contribution < -0.4 is 5.32 Å². The van der Waals surface area contributed by atoms with Crippen LogP contribution in [0, 0.1) is 0 Å². The molecule has 2 heterocycles. The summed E-state index contributed by atoms with van der Waals surface area (Å²) in [7, 11) is 0. The fourth-order valence-electron chi connectivity index (χ4n) is 9.16. The first-order chi connectivity index (χ1) is 35.6. The van der Waals surface area contributed by atoms with E-state index in [1.54, 1.807) is 6.08 Å². The summed E-state index contributed by atoms with van der Waals surface area (Å²) in [6, 6.07) is -0.938. The summed E-state index contributed by atoms with van der Waals surface area (Å²) in [6.07, 6.45) is 39.9. The van der Waals surface area contributed by atoms with Crippen LogP contribution in [0.2, 0.25) is 0 Å². The van der Waals surface area contributed by atoms with Crippen LogP contribution in [-0.2, 0) is 23.7 Å². The zero-order chi connectivity index (χ0) is 53.2. The van der Waals surface area contributed by atoms with Gasteiger partial charge in [-0.1, -0.05) is 197 Å². The monoisotopic (exact) mass is 1040 g/mol. The average molecular weight is 1040 g/mol. The summed E-state index contributed by atoms with van der Waals surface area (Å²) >= 11 is 0. The van der Waals surface area contributed by atoms with Crippen molar-refractivity contribution in [2.24, 2.45) is 0 Å². The van der Waals surface area contributed by atoms with Crippen LogP contribution in [0.4, 0.5) is 0 Å². The van der Waals surface area contributed by atoms with Gasteiger partial charge in [0.2, 0.25) is 5.91 Å². The maximum absolute atomic E-state index is 13.2. The molecule has 9 N–H and O–H groups in total. The summed E-state index contributed by atoms with van der Waals surface area (Å²) in [5.74, 6) is -0.256. The molecule has 1 amide bonds. The lowest BCUT2D eigenvalue weighted by Gasteiger charge is -2.46. The number of rotatable bonds is 45. The average Bonchev–Trinajstić information content (AvgIpc) is 3.39. The predicted octanol–water partition coefficient (Wildman–Crippen LogP) is 9.39. The van der Waals surface area contributed by atoms with Crippen LogP contribution in [0.3, 0.4) is 0 Å². The highest BCUT2D eigenvalue weighted by Crippen LogP contribution is 2.30. The second-order valence-corrected chi connectivity index (χ2v) is 20.4. The molecule has 14 nitrogen and oxygen atoms in total. The minimum absolute atomic E-state index is 0.256. The smallest absolute Gasteiger partial charge is 0.220 e. The number of hydrogen-bond donors (Lipinski definition) is 9. The Morgan fingerprint density at radius 2 is 0.932 bits per heavy atom. The zero-order valence-electron chi connectivity index (χ0n) is 45.4. The van der Waals surface area contributed by atoms with Crippen molar-refractivity contribution >= 4 is 5.91 Å². The second-order valence-electron chi connectivity index (χ2n) is 20.4. The molecule has 2 aliphatic heterocycles. The minimum Gasteiger partial charge on any atom is -0.394 e. The number of aliphatic hydroxyl groups excluding tert-OH is 8. The van der Waals surface area contributed by atoms with E-state index >= 15 is 0 Å². The molecule has 0 aliphatic carbocycles. The van der Waals surface area contributed by atoms with Crippen LogP contribution >= 0.6 is 0 Å². The van der Waals surface area contributed by atoms with Gasteiger partial charge in [0, 0.05) is 6.42 Å². The van der Waals surface area contributed by atoms with Crippen LogP contribution in [0.1, 0.15) is 213 Å². The molecular weight excluding hydrogens is 931 g/mol. The predicted molar refractivity (Wildman–Crippen MR) is 290 cm³/mol. The molecule has 12 atom stereocenters. The third-order valence-corrected chi connectivity index (χ3v) is 13.9. The van der Waals surface area contributed by atoms with Gasteiger partial charge in [-0.25, -0.2) is 0 Å². The Morgan fingerprint density at radius 3 is 1.47 bits per heavy atom. The van der Waals surface area contributed by atoms with Crippen LogP contribution in [0.15, 0.2) is 60.8 Å². The van der Waals surface area contributed by atoms with Crippen molar-refractivity contribution in [3.05, 3.63) is 60.8 Å². The number of carbonyl (C=O) groups is 1. The number of nitrogens with one attached hydrogen (secondary N) is 1. The van der Waals surface area contributed by atoms with Gasteiger partial charge in [0.05, 0.1) is 32.0 Å². The van der Waals surface area contributed by atoms with Crippen LogP contribution in [0.25, 0.3) is 0 Å². The molecule has 424 valence electrons. The number of unbranched alkanes of at least 4 members (excludes halogenated alkanes) is 24. The van der Waals surface area contributed by atoms with E-state index in [2.05, 4.69) is 67.8 Å². The number of hydrogen-bond acceptors (Lipinski definition) is 13. The van der Waals surface area contributed by atoms with Gasteiger partial charge in [-0.2, -0.15) is 0 Å². The lowest BCUT2D eigenvalue weighted by Crippen LogP contribution is -2.65. The van der Waals surface area contributed by atoms with Crippen molar-refractivity contribution in [1.29, 1.82) is 0 Å². The lowest BCUT2D eigenvalue weighted by atomic mass is 9.97. The zero-order valence-corrected chi connectivity index (χ0v) is 45.4. The number of carbonyl (C=O) groups excluding carboxylic acids is 1.